The van der Waals surface area contributed by atoms with Crippen molar-refractivity contribution in [2.24, 2.45) is 0 Å². The summed E-state index contributed by atoms with van der Waals surface area (Å²) >= 11 is 1.62. The van der Waals surface area contributed by atoms with Crippen LogP contribution in [0.25, 0.3) is 5.69 Å². The number of aromatic nitrogens is 3. The van der Waals surface area contributed by atoms with Crippen LogP contribution in [0.1, 0.15) is 35.5 Å². The number of hydrogen-bond donors (Lipinski definition) is 2. The molecule has 33 heavy (non-hydrogen) atoms. The molecule has 4 rings (SSSR count). The number of aryl methyl sites for hydroxylation is 2. The summed E-state index contributed by atoms with van der Waals surface area (Å²) in [6.07, 6.45) is 0. The zero-order chi connectivity index (χ0) is 23.2. The lowest BCUT2D eigenvalue weighted by molar-refractivity contribution is 0.249. The normalized spacial score (nSPS) is 11.7. The van der Waals surface area contributed by atoms with Crippen molar-refractivity contribution in [2.45, 2.75) is 37.7 Å². The van der Waals surface area contributed by atoms with Gasteiger partial charge in [-0.2, -0.15) is 0 Å². The fourth-order valence-corrected chi connectivity index (χ4v) is 4.29. The van der Waals surface area contributed by atoms with Crippen molar-refractivity contribution in [3.63, 3.8) is 0 Å². The van der Waals surface area contributed by atoms with E-state index in [2.05, 4.69) is 52.0 Å². The van der Waals surface area contributed by atoms with Crippen molar-refractivity contribution in [3.8, 4) is 5.69 Å². The molecule has 0 saturated heterocycles. The number of nitrogens with one attached hydrogen (secondary N) is 2. The molecule has 1 unspecified atom stereocenters. The smallest absolute Gasteiger partial charge is 0.319 e. The Balaban J connectivity index is 1.55. The molecular formula is C26H27N5OS. The number of thioether (sulfide) groups is 1. The van der Waals surface area contributed by atoms with Crippen molar-refractivity contribution >= 4 is 23.5 Å². The second-order valence-electron chi connectivity index (χ2n) is 7.97. The minimum absolute atomic E-state index is 0.289. The predicted molar refractivity (Wildman–Crippen MR) is 134 cm³/mol. The third-order valence-electron chi connectivity index (χ3n) is 5.21. The molecule has 2 N–H and O–H groups in total. The maximum absolute atomic E-state index is 12.6. The van der Waals surface area contributed by atoms with Gasteiger partial charge in [0.1, 0.15) is 0 Å². The molecule has 6 nitrogen and oxygen atoms in total. The summed E-state index contributed by atoms with van der Waals surface area (Å²) in [7, 11) is 0. The average molecular weight is 458 g/mol. The van der Waals surface area contributed by atoms with Gasteiger partial charge in [0.2, 0.25) is 0 Å². The molecule has 2 amide bonds. The van der Waals surface area contributed by atoms with Crippen molar-refractivity contribution in [1.29, 1.82) is 0 Å². The quantitative estimate of drug-likeness (QED) is 0.331. The molecule has 4 aromatic rings. The zero-order valence-corrected chi connectivity index (χ0v) is 19.8. The Morgan fingerprint density at radius 2 is 1.55 bits per heavy atom. The highest BCUT2D eigenvalue weighted by Gasteiger charge is 2.21. The standard InChI is InChI=1S/C26H27N5OS/c1-18-9-13-22(14-10-18)28-25(32)27-20(3)24-29-30-26(33-17-21-7-5-4-6-8-21)31(24)23-15-11-19(2)12-16-23/h4-16,20H,17H2,1-3H3,(H2,27,28,32). The Hall–Kier alpha value is -3.58. The Kier molecular flexibility index (Phi) is 7.10. The van der Waals surface area contributed by atoms with Crippen LogP contribution >= 0.6 is 11.8 Å². The first-order valence-electron chi connectivity index (χ1n) is 10.8. The molecule has 1 heterocycles. The highest BCUT2D eigenvalue weighted by Crippen LogP contribution is 2.27. The SMILES string of the molecule is Cc1ccc(NC(=O)NC(C)c2nnc(SCc3ccccc3)n2-c2ccc(C)cc2)cc1. The fraction of sp³-hybridized carbons (Fsp3) is 0.192. The lowest BCUT2D eigenvalue weighted by Crippen LogP contribution is -2.32. The maximum Gasteiger partial charge on any atom is 0.319 e. The van der Waals surface area contributed by atoms with Crippen LogP contribution in [0.5, 0.6) is 0 Å². The lowest BCUT2D eigenvalue weighted by atomic mass is 10.2. The van der Waals surface area contributed by atoms with E-state index in [0.29, 0.717) is 5.82 Å². The minimum Gasteiger partial charge on any atom is -0.328 e. The number of amides is 2. The molecular weight excluding hydrogens is 430 g/mol. The molecule has 0 fully saturated rings. The van der Waals surface area contributed by atoms with E-state index < -0.39 is 0 Å². The van der Waals surface area contributed by atoms with Gasteiger partial charge < -0.3 is 10.6 Å². The first-order valence-corrected chi connectivity index (χ1v) is 11.8. The number of nitrogens with zero attached hydrogens (tertiary/aromatic N) is 3. The molecule has 168 valence electrons. The number of anilines is 1. The second kappa shape index (κ2) is 10.4. The molecule has 0 aliphatic rings. The lowest BCUT2D eigenvalue weighted by Gasteiger charge is -2.17. The van der Waals surface area contributed by atoms with E-state index in [9.17, 15) is 4.79 Å². The largest absolute Gasteiger partial charge is 0.328 e. The van der Waals surface area contributed by atoms with E-state index in [0.717, 1.165) is 27.8 Å². The number of rotatable bonds is 7. The van der Waals surface area contributed by atoms with Crippen LogP contribution in [0, 0.1) is 13.8 Å². The average Bonchev–Trinajstić information content (AvgIpc) is 3.24. The number of carbonyl (C=O) groups is 1. The Bertz CT molecular complexity index is 1200. The monoisotopic (exact) mass is 457 g/mol. The topological polar surface area (TPSA) is 71.8 Å². The molecule has 0 bridgehead atoms. The Morgan fingerprint density at radius 3 is 2.21 bits per heavy atom. The van der Waals surface area contributed by atoms with Gasteiger partial charge in [-0.1, -0.05) is 77.5 Å². The zero-order valence-electron chi connectivity index (χ0n) is 18.9. The van der Waals surface area contributed by atoms with Crippen LogP contribution in [0.4, 0.5) is 10.5 Å². The van der Waals surface area contributed by atoms with Crippen LogP contribution in [0.15, 0.2) is 84.0 Å². The number of urea groups is 1. The summed E-state index contributed by atoms with van der Waals surface area (Å²) in [5, 5.41) is 15.6. The van der Waals surface area contributed by atoms with Gasteiger partial charge in [-0.15, -0.1) is 10.2 Å². The van der Waals surface area contributed by atoms with Crippen LogP contribution in [0.2, 0.25) is 0 Å². The van der Waals surface area contributed by atoms with Crippen molar-refractivity contribution in [1.82, 2.24) is 20.1 Å². The van der Waals surface area contributed by atoms with Gasteiger partial charge in [0.15, 0.2) is 11.0 Å². The molecule has 0 aliphatic heterocycles. The van der Waals surface area contributed by atoms with Gasteiger partial charge in [0.05, 0.1) is 6.04 Å². The van der Waals surface area contributed by atoms with E-state index in [1.807, 2.05) is 73.0 Å². The van der Waals surface area contributed by atoms with E-state index >= 15 is 0 Å². The summed E-state index contributed by atoms with van der Waals surface area (Å²) < 4.78 is 2.02. The third-order valence-corrected chi connectivity index (χ3v) is 6.21. The van der Waals surface area contributed by atoms with E-state index in [1.54, 1.807) is 11.8 Å². The maximum atomic E-state index is 12.6. The molecule has 0 saturated carbocycles. The highest BCUT2D eigenvalue weighted by atomic mass is 32.2. The molecule has 0 aliphatic carbocycles. The molecule has 1 atom stereocenters. The summed E-state index contributed by atoms with van der Waals surface area (Å²) in [6.45, 7) is 5.98. The van der Waals surface area contributed by atoms with Crippen LogP contribution in [0.3, 0.4) is 0 Å². The second-order valence-corrected chi connectivity index (χ2v) is 8.91. The first-order chi connectivity index (χ1) is 16.0. The van der Waals surface area contributed by atoms with Crippen molar-refractivity contribution < 1.29 is 4.79 Å². The third kappa shape index (κ3) is 5.81. The number of benzene rings is 3. The molecule has 0 radical (unpaired) electrons. The van der Waals surface area contributed by atoms with Crippen LogP contribution in [-0.2, 0) is 5.75 Å². The van der Waals surface area contributed by atoms with E-state index in [4.69, 9.17) is 0 Å². The number of hydrogen-bond acceptors (Lipinski definition) is 4. The van der Waals surface area contributed by atoms with Crippen molar-refractivity contribution in [2.75, 3.05) is 5.32 Å². The number of carbonyl (C=O) groups excluding carboxylic acids is 1. The summed E-state index contributed by atoms with van der Waals surface area (Å²) in [6, 6.07) is 25.5. The Morgan fingerprint density at radius 1 is 0.909 bits per heavy atom. The molecule has 0 spiro atoms. The molecule has 1 aromatic heterocycles. The van der Waals surface area contributed by atoms with Gasteiger partial charge in [0, 0.05) is 17.1 Å². The highest BCUT2D eigenvalue weighted by molar-refractivity contribution is 7.98. The fourth-order valence-electron chi connectivity index (χ4n) is 3.38. The van der Waals surface area contributed by atoms with E-state index in [-0.39, 0.29) is 12.1 Å². The first kappa shape index (κ1) is 22.6. The molecule has 3 aromatic carbocycles. The van der Waals surface area contributed by atoms with Gasteiger partial charge in [-0.3, -0.25) is 4.57 Å². The van der Waals surface area contributed by atoms with Crippen molar-refractivity contribution in [3.05, 3.63) is 101 Å². The molecule has 7 heteroatoms. The summed E-state index contributed by atoms with van der Waals surface area (Å²) in [5.74, 6) is 1.45. The summed E-state index contributed by atoms with van der Waals surface area (Å²) in [5.41, 5.74) is 5.23. The van der Waals surface area contributed by atoms with E-state index in [1.165, 1.54) is 11.1 Å². The Labute approximate surface area is 198 Å². The van der Waals surface area contributed by atoms with Gasteiger partial charge in [-0.05, 0) is 50.6 Å². The van der Waals surface area contributed by atoms with Gasteiger partial charge >= 0.3 is 6.03 Å². The summed E-state index contributed by atoms with van der Waals surface area (Å²) in [4.78, 5) is 12.6. The van der Waals surface area contributed by atoms with Gasteiger partial charge in [-0.25, -0.2) is 4.79 Å². The predicted octanol–water partition coefficient (Wildman–Crippen LogP) is 6.06. The van der Waals surface area contributed by atoms with Crippen LogP contribution < -0.4 is 10.6 Å². The van der Waals surface area contributed by atoms with Crippen LogP contribution in [-0.4, -0.2) is 20.8 Å². The minimum atomic E-state index is -0.352. The van der Waals surface area contributed by atoms with Gasteiger partial charge in [0.25, 0.3) is 0 Å².